The molecule has 0 spiro atoms. The fraction of sp³-hybridized carbons (Fsp3) is 0.267. The molecule has 110 valence electrons. The third kappa shape index (κ3) is 1.89. The predicted octanol–water partition coefficient (Wildman–Crippen LogP) is 1.53. The predicted molar refractivity (Wildman–Crippen MR) is 81.2 cm³/mol. The molecule has 0 atom stereocenters. The van der Waals surface area contributed by atoms with Crippen molar-refractivity contribution in [2.24, 2.45) is 0 Å². The van der Waals surface area contributed by atoms with Crippen LogP contribution in [0.15, 0.2) is 18.3 Å². The van der Waals surface area contributed by atoms with Crippen molar-refractivity contribution in [2.45, 2.75) is 0 Å². The second kappa shape index (κ2) is 4.93. The van der Waals surface area contributed by atoms with Gasteiger partial charge in [-0.3, -0.25) is 5.10 Å². The van der Waals surface area contributed by atoms with Crippen molar-refractivity contribution in [1.29, 1.82) is 5.26 Å². The first-order valence-electron chi connectivity index (χ1n) is 7.10. The Morgan fingerprint density at radius 3 is 2.82 bits per heavy atom. The fourth-order valence-electron chi connectivity index (χ4n) is 2.91. The number of anilines is 1. The van der Waals surface area contributed by atoms with E-state index in [1.807, 2.05) is 6.07 Å². The van der Waals surface area contributed by atoms with Gasteiger partial charge in [-0.25, -0.2) is 9.37 Å². The lowest BCUT2D eigenvalue weighted by Crippen LogP contribution is -2.44. The minimum absolute atomic E-state index is 0.279. The van der Waals surface area contributed by atoms with E-state index in [1.54, 1.807) is 12.3 Å². The van der Waals surface area contributed by atoms with Crippen molar-refractivity contribution in [2.75, 3.05) is 31.1 Å². The number of H-pyrrole nitrogens is 1. The van der Waals surface area contributed by atoms with Crippen molar-refractivity contribution in [3.63, 3.8) is 0 Å². The first-order valence-corrected chi connectivity index (χ1v) is 7.10. The van der Waals surface area contributed by atoms with Crippen LogP contribution in [0.2, 0.25) is 0 Å². The zero-order valence-corrected chi connectivity index (χ0v) is 11.7. The number of pyridine rings is 1. The van der Waals surface area contributed by atoms with Crippen LogP contribution in [-0.4, -0.2) is 41.4 Å². The van der Waals surface area contributed by atoms with Crippen LogP contribution in [0.25, 0.3) is 21.8 Å². The number of hydrogen-bond donors (Lipinski definition) is 2. The number of benzene rings is 1. The third-order valence-corrected chi connectivity index (χ3v) is 3.98. The molecule has 0 aliphatic carbocycles. The molecule has 7 heteroatoms. The van der Waals surface area contributed by atoms with E-state index >= 15 is 0 Å². The summed E-state index contributed by atoms with van der Waals surface area (Å²) in [4.78, 5) is 6.64. The summed E-state index contributed by atoms with van der Waals surface area (Å²) in [5.74, 6) is 0.235. The Labute approximate surface area is 125 Å². The van der Waals surface area contributed by atoms with E-state index in [1.165, 1.54) is 6.07 Å². The highest BCUT2D eigenvalue weighted by atomic mass is 19.1. The average Bonchev–Trinajstić information content (AvgIpc) is 3.05. The monoisotopic (exact) mass is 296 g/mol. The number of rotatable bonds is 1. The number of hydrogen-bond acceptors (Lipinski definition) is 5. The molecule has 2 aromatic heterocycles. The van der Waals surface area contributed by atoms with Gasteiger partial charge in [-0.05, 0) is 12.1 Å². The zero-order chi connectivity index (χ0) is 15.1. The van der Waals surface area contributed by atoms with Gasteiger partial charge in [-0.2, -0.15) is 10.4 Å². The van der Waals surface area contributed by atoms with Crippen molar-refractivity contribution >= 4 is 27.6 Å². The number of fused-ring (bicyclic) bond motifs is 3. The van der Waals surface area contributed by atoms with E-state index in [2.05, 4.69) is 25.4 Å². The number of halogens is 1. The van der Waals surface area contributed by atoms with Crippen LogP contribution in [0.5, 0.6) is 0 Å². The first kappa shape index (κ1) is 13.0. The van der Waals surface area contributed by atoms with Crippen molar-refractivity contribution in [1.82, 2.24) is 20.5 Å². The smallest absolute Gasteiger partial charge is 0.155 e. The summed E-state index contributed by atoms with van der Waals surface area (Å²) >= 11 is 0. The molecule has 1 aliphatic heterocycles. The maximum Gasteiger partial charge on any atom is 0.155 e. The second-order valence-corrected chi connectivity index (χ2v) is 5.30. The van der Waals surface area contributed by atoms with Gasteiger partial charge in [0.2, 0.25) is 0 Å². The van der Waals surface area contributed by atoms with Gasteiger partial charge >= 0.3 is 0 Å². The number of piperazine rings is 1. The van der Waals surface area contributed by atoms with Crippen LogP contribution in [0.4, 0.5) is 10.2 Å². The molecule has 0 bridgehead atoms. The lowest BCUT2D eigenvalue weighted by Gasteiger charge is -2.29. The topological polar surface area (TPSA) is 80.6 Å². The van der Waals surface area contributed by atoms with E-state index in [0.29, 0.717) is 11.2 Å². The third-order valence-electron chi connectivity index (χ3n) is 3.98. The highest BCUT2D eigenvalue weighted by Crippen LogP contribution is 2.31. The quantitative estimate of drug-likeness (QED) is 0.712. The molecule has 3 heterocycles. The molecule has 22 heavy (non-hydrogen) atoms. The summed E-state index contributed by atoms with van der Waals surface area (Å²) in [6.45, 7) is 3.35. The summed E-state index contributed by atoms with van der Waals surface area (Å²) < 4.78 is 14.3. The van der Waals surface area contributed by atoms with E-state index in [9.17, 15) is 4.39 Å². The van der Waals surface area contributed by atoms with Gasteiger partial charge in [-0.15, -0.1) is 0 Å². The standard InChI is InChI=1S/C15H13FN6/c16-12-6-9(7-17)5-10-11-8-19-21-14(11)15(20-13(10)12)22-3-1-18-2-4-22/h5-6,8,18H,1-4H2,(H,19,21). The van der Waals surface area contributed by atoms with E-state index in [0.717, 1.165) is 37.1 Å². The molecule has 1 aliphatic rings. The Morgan fingerprint density at radius 1 is 1.23 bits per heavy atom. The Kier molecular flexibility index (Phi) is 2.91. The normalized spacial score (nSPS) is 15.4. The molecule has 6 nitrogen and oxygen atoms in total. The Bertz CT molecular complexity index is 904. The molecular formula is C15H13FN6. The van der Waals surface area contributed by atoms with Crippen molar-refractivity contribution in [3.8, 4) is 6.07 Å². The lowest BCUT2D eigenvalue weighted by molar-refractivity contribution is 0.586. The van der Waals surface area contributed by atoms with Crippen LogP contribution in [-0.2, 0) is 0 Å². The molecule has 0 amide bonds. The van der Waals surface area contributed by atoms with Crippen LogP contribution in [0.1, 0.15) is 5.56 Å². The van der Waals surface area contributed by atoms with Crippen LogP contribution in [0.3, 0.4) is 0 Å². The van der Waals surface area contributed by atoms with Crippen LogP contribution < -0.4 is 10.2 Å². The van der Waals surface area contributed by atoms with E-state index in [-0.39, 0.29) is 11.1 Å². The minimum atomic E-state index is -0.478. The number of aromatic amines is 1. The van der Waals surface area contributed by atoms with Crippen molar-refractivity contribution in [3.05, 3.63) is 29.7 Å². The maximum atomic E-state index is 14.3. The molecule has 3 aromatic rings. The summed E-state index contributed by atoms with van der Waals surface area (Å²) in [5.41, 5.74) is 1.34. The molecule has 1 fully saturated rings. The fourth-order valence-corrected chi connectivity index (χ4v) is 2.91. The van der Waals surface area contributed by atoms with Gasteiger partial charge < -0.3 is 10.2 Å². The SMILES string of the molecule is N#Cc1cc(F)c2nc(N3CCNCC3)c3[nH]ncc3c2c1. The lowest BCUT2D eigenvalue weighted by atomic mass is 10.1. The van der Waals surface area contributed by atoms with Gasteiger partial charge in [0.25, 0.3) is 0 Å². The molecular weight excluding hydrogens is 283 g/mol. The molecule has 1 aromatic carbocycles. The summed E-state index contributed by atoms with van der Waals surface area (Å²) in [6, 6.07) is 4.86. The zero-order valence-electron chi connectivity index (χ0n) is 11.7. The Morgan fingerprint density at radius 2 is 2.05 bits per heavy atom. The second-order valence-electron chi connectivity index (χ2n) is 5.30. The molecule has 2 N–H and O–H groups in total. The molecule has 0 unspecified atom stereocenters. The average molecular weight is 296 g/mol. The maximum absolute atomic E-state index is 14.3. The number of aromatic nitrogens is 3. The highest BCUT2D eigenvalue weighted by Gasteiger charge is 2.19. The number of nitrogens with one attached hydrogen (secondary N) is 2. The summed E-state index contributed by atoms with van der Waals surface area (Å²) in [7, 11) is 0. The van der Waals surface area contributed by atoms with Crippen LogP contribution in [0, 0.1) is 17.1 Å². The Balaban J connectivity index is 2.03. The minimum Gasteiger partial charge on any atom is -0.352 e. The van der Waals surface area contributed by atoms with Gasteiger partial charge in [0.1, 0.15) is 11.0 Å². The molecule has 0 radical (unpaired) electrons. The van der Waals surface area contributed by atoms with E-state index in [4.69, 9.17) is 5.26 Å². The first-order chi connectivity index (χ1) is 10.8. The summed E-state index contributed by atoms with van der Waals surface area (Å²) in [6.07, 6.45) is 1.66. The molecule has 4 rings (SSSR count). The van der Waals surface area contributed by atoms with Gasteiger partial charge in [0.05, 0.1) is 17.8 Å². The van der Waals surface area contributed by atoms with Crippen LogP contribution >= 0.6 is 0 Å². The summed E-state index contributed by atoms with van der Waals surface area (Å²) in [5, 5.41) is 20.7. The molecule has 0 saturated carbocycles. The van der Waals surface area contributed by atoms with Gasteiger partial charge in [-0.1, -0.05) is 0 Å². The Hall–Kier alpha value is -2.72. The van der Waals surface area contributed by atoms with Gasteiger partial charge in [0.15, 0.2) is 11.6 Å². The van der Waals surface area contributed by atoms with E-state index < -0.39 is 5.82 Å². The van der Waals surface area contributed by atoms with Crippen molar-refractivity contribution < 1.29 is 4.39 Å². The number of nitriles is 1. The number of nitrogens with zero attached hydrogens (tertiary/aromatic N) is 4. The molecule has 1 saturated heterocycles. The largest absolute Gasteiger partial charge is 0.352 e. The highest BCUT2D eigenvalue weighted by molar-refractivity contribution is 6.08. The van der Waals surface area contributed by atoms with Gasteiger partial charge in [0, 0.05) is 37.0 Å².